The number of phenols is 2. The number of ketones is 2. The van der Waals surface area contributed by atoms with Gasteiger partial charge in [0.05, 0.1) is 22.6 Å². The number of aromatic hydroxyl groups is 2. The molecule has 4 aliphatic carbocycles. The Morgan fingerprint density at radius 3 is 2.55 bits per heavy atom. The molecule has 1 saturated heterocycles. The van der Waals surface area contributed by atoms with Crippen molar-refractivity contribution in [3.05, 3.63) is 46.6 Å². The summed E-state index contributed by atoms with van der Waals surface area (Å²) in [4.78, 5) is 26.0. The van der Waals surface area contributed by atoms with Crippen molar-refractivity contribution in [2.75, 3.05) is 0 Å². The number of allylic oxidation sites excluding steroid dienone is 1. The first-order chi connectivity index (χ1) is 15.2. The highest BCUT2D eigenvalue weighted by Gasteiger charge is 2.70. The van der Waals surface area contributed by atoms with Gasteiger partial charge < -0.3 is 20.1 Å². The minimum absolute atomic E-state index is 0.000295. The lowest BCUT2D eigenvalue weighted by atomic mass is 9.63. The normalized spacial score (nSPS) is 35.7. The van der Waals surface area contributed by atoms with Gasteiger partial charge in [0.25, 0.3) is 0 Å². The second-order valence-corrected chi connectivity index (χ2v) is 11.1. The van der Waals surface area contributed by atoms with Crippen LogP contribution in [0.1, 0.15) is 72.7 Å². The monoisotopic (exact) mass is 494 g/mol. The van der Waals surface area contributed by atoms with Crippen molar-refractivity contribution in [1.29, 1.82) is 0 Å². The Kier molecular flexibility index (Phi) is 5.77. The van der Waals surface area contributed by atoms with E-state index in [0.717, 1.165) is 5.57 Å². The number of ether oxygens (including phenoxy) is 1. The predicted octanol–water partition coefficient (Wildman–Crippen LogP) is 4.59. The Morgan fingerprint density at radius 1 is 1.21 bits per heavy atom. The summed E-state index contributed by atoms with van der Waals surface area (Å²) in [5.74, 6) is -2.16. The number of carbonyl (C=O) groups excluding carboxylic acids is 2. The van der Waals surface area contributed by atoms with Gasteiger partial charge in [-0.25, -0.2) is 0 Å². The summed E-state index contributed by atoms with van der Waals surface area (Å²) in [6, 6.07) is 1.17. The van der Waals surface area contributed by atoms with Crippen LogP contribution in [0, 0.1) is 0 Å². The topological polar surface area (TPSA) is 104 Å². The molecule has 0 unspecified atom stereocenters. The van der Waals surface area contributed by atoms with Gasteiger partial charge in [-0.15, -0.1) is 23.2 Å². The molecule has 5 aliphatic rings. The molecular formula is C25H28Cl2O6. The van der Waals surface area contributed by atoms with Gasteiger partial charge in [-0.2, -0.15) is 0 Å². The molecule has 6 rings (SSSR count). The van der Waals surface area contributed by atoms with Crippen LogP contribution in [-0.4, -0.2) is 54.4 Å². The van der Waals surface area contributed by atoms with Gasteiger partial charge in [-0.3, -0.25) is 9.59 Å². The molecular weight excluding hydrogens is 467 g/mol. The predicted molar refractivity (Wildman–Crippen MR) is 126 cm³/mol. The van der Waals surface area contributed by atoms with Crippen LogP contribution < -0.4 is 0 Å². The Morgan fingerprint density at radius 2 is 1.88 bits per heavy atom. The summed E-state index contributed by atoms with van der Waals surface area (Å²) >= 11 is 13.6. The quantitative estimate of drug-likeness (QED) is 0.359. The molecule has 6 nitrogen and oxygen atoms in total. The van der Waals surface area contributed by atoms with E-state index in [9.17, 15) is 24.9 Å². The fraction of sp³-hybridized carbons (Fsp3) is 0.520. The van der Waals surface area contributed by atoms with Crippen LogP contribution in [0.4, 0.5) is 0 Å². The van der Waals surface area contributed by atoms with Crippen LogP contribution in [-0.2, 0) is 11.2 Å². The number of hydrogen-bond donors (Lipinski definition) is 3. The van der Waals surface area contributed by atoms with Crippen LogP contribution in [0.2, 0.25) is 0 Å². The molecule has 33 heavy (non-hydrogen) atoms. The molecule has 4 bridgehead atoms. The lowest BCUT2D eigenvalue weighted by molar-refractivity contribution is -0.157. The molecule has 0 saturated carbocycles. The summed E-state index contributed by atoms with van der Waals surface area (Å²) in [6.45, 7) is 9.24. The molecule has 0 amide bonds. The average Bonchev–Trinajstić information content (AvgIpc) is 2.73. The Labute approximate surface area is 202 Å². The molecule has 4 atom stereocenters. The van der Waals surface area contributed by atoms with Crippen molar-refractivity contribution in [3.63, 3.8) is 0 Å². The first kappa shape index (κ1) is 24.3. The SMILES string of the molecule is C=C1Cc2c(O)cc3c(c2O)C(=O)[C@@]2(Cl)C[C@@H](Cl)C(C)(C)O[C@@]2(C/C=C(/C)CC[C@H]1O)C3=O. The summed E-state index contributed by atoms with van der Waals surface area (Å²) in [6.07, 6.45) is 1.69. The molecule has 1 aromatic carbocycles. The highest BCUT2D eigenvalue weighted by Crippen LogP contribution is 2.57. The van der Waals surface area contributed by atoms with Crippen LogP contribution in [0.3, 0.4) is 0 Å². The fourth-order valence-electron chi connectivity index (χ4n) is 5.08. The molecule has 8 heteroatoms. The van der Waals surface area contributed by atoms with E-state index < -0.39 is 44.9 Å². The van der Waals surface area contributed by atoms with Gasteiger partial charge in [-0.1, -0.05) is 18.2 Å². The number of aliphatic hydroxyl groups is 1. The van der Waals surface area contributed by atoms with Crippen LogP contribution in [0.15, 0.2) is 29.9 Å². The molecule has 1 aromatic rings. The highest BCUT2D eigenvalue weighted by atomic mass is 35.5. The van der Waals surface area contributed by atoms with Crippen LogP contribution in [0.25, 0.3) is 0 Å². The third-order valence-electron chi connectivity index (χ3n) is 7.30. The summed E-state index contributed by atoms with van der Waals surface area (Å²) in [5.41, 5.74) is -1.87. The number of benzene rings is 1. The molecule has 0 aromatic heterocycles. The Hall–Kier alpha value is -1.86. The molecule has 3 N–H and O–H groups in total. The highest BCUT2D eigenvalue weighted by molar-refractivity contribution is 6.45. The van der Waals surface area contributed by atoms with E-state index in [1.165, 1.54) is 6.07 Å². The first-order valence-corrected chi connectivity index (χ1v) is 11.8. The van der Waals surface area contributed by atoms with Gasteiger partial charge in [0, 0.05) is 24.0 Å². The maximum Gasteiger partial charge on any atom is 0.198 e. The molecule has 0 radical (unpaired) electrons. The fourth-order valence-corrected chi connectivity index (χ4v) is 5.88. The lowest BCUT2D eigenvalue weighted by Crippen LogP contribution is -2.72. The van der Waals surface area contributed by atoms with Crippen LogP contribution >= 0.6 is 23.2 Å². The number of hydrogen-bond acceptors (Lipinski definition) is 6. The van der Waals surface area contributed by atoms with E-state index >= 15 is 0 Å². The van der Waals surface area contributed by atoms with Crippen molar-refractivity contribution in [3.8, 4) is 11.5 Å². The minimum atomic E-state index is -1.85. The largest absolute Gasteiger partial charge is 0.507 e. The number of halogens is 2. The second kappa shape index (κ2) is 7.84. The number of fused-ring (bicyclic) bond motifs is 1. The number of aliphatic hydroxyl groups excluding tert-OH is 1. The number of phenolic OH excluding ortho intramolecular Hbond substituents is 2. The third-order valence-corrected chi connectivity index (χ3v) is 8.61. The smallest absolute Gasteiger partial charge is 0.198 e. The van der Waals surface area contributed by atoms with E-state index in [1.807, 2.05) is 6.92 Å². The van der Waals surface area contributed by atoms with Gasteiger partial charge in [0.15, 0.2) is 17.2 Å². The Balaban J connectivity index is 2.05. The number of carbonyl (C=O) groups is 2. The van der Waals surface area contributed by atoms with Crippen molar-refractivity contribution in [2.45, 2.75) is 80.4 Å². The molecule has 1 spiro atoms. The van der Waals surface area contributed by atoms with E-state index in [1.54, 1.807) is 19.9 Å². The maximum atomic E-state index is 14.0. The van der Waals surface area contributed by atoms with Crippen molar-refractivity contribution in [1.82, 2.24) is 0 Å². The molecule has 1 heterocycles. The van der Waals surface area contributed by atoms with Gasteiger partial charge >= 0.3 is 0 Å². The zero-order chi connectivity index (χ0) is 24.5. The van der Waals surface area contributed by atoms with Crippen molar-refractivity contribution in [2.24, 2.45) is 0 Å². The standard InChI is InChI=1S/C25H28Cl2O6/c1-12-5-6-16(28)13(2)9-14-17(29)10-15-19(20(14)30)22(32)24(27)11-18(26)23(3,4)33-25(24,8-7-12)21(15)31/h7,10,16,18,28-30H,2,5-6,8-9,11H2,1,3-4H3/b12-7-/t16-,18-,24+,25+/m1/s1. The van der Waals surface area contributed by atoms with Crippen LogP contribution in [0.5, 0.6) is 11.5 Å². The van der Waals surface area contributed by atoms with Gasteiger partial charge in [-0.05, 0) is 51.7 Å². The zero-order valence-electron chi connectivity index (χ0n) is 18.9. The average molecular weight is 495 g/mol. The third kappa shape index (κ3) is 3.45. The summed E-state index contributed by atoms with van der Waals surface area (Å²) in [5, 5.41) is 31.6. The zero-order valence-corrected chi connectivity index (χ0v) is 20.4. The minimum Gasteiger partial charge on any atom is -0.507 e. The van der Waals surface area contributed by atoms with Crippen molar-refractivity contribution < 1.29 is 29.6 Å². The Bertz CT molecular complexity index is 1110. The van der Waals surface area contributed by atoms with E-state index in [-0.39, 0.29) is 41.7 Å². The number of rotatable bonds is 0. The summed E-state index contributed by atoms with van der Waals surface area (Å²) in [7, 11) is 0. The second-order valence-electron chi connectivity index (χ2n) is 9.95. The molecule has 178 valence electrons. The van der Waals surface area contributed by atoms with Gasteiger partial charge in [0.2, 0.25) is 0 Å². The van der Waals surface area contributed by atoms with E-state index in [0.29, 0.717) is 18.4 Å². The summed E-state index contributed by atoms with van der Waals surface area (Å²) < 4.78 is 6.33. The number of alkyl halides is 2. The lowest BCUT2D eigenvalue weighted by Gasteiger charge is -2.56. The number of Topliss-reactive ketones (excluding diaryl/α,β-unsaturated/α-hetero) is 2. The maximum absolute atomic E-state index is 14.0. The van der Waals surface area contributed by atoms with Crippen molar-refractivity contribution >= 4 is 34.8 Å². The molecule has 1 aliphatic heterocycles. The van der Waals surface area contributed by atoms with Gasteiger partial charge in [0.1, 0.15) is 16.4 Å². The van der Waals surface area contributed by atoms with E-state index in [2.05, 4.69) is 6.58 Å². The van der Waals surface area contributed by atoms with E-state index in [4.69, 9.17) is 27.9 Å². The molecule has 1 fully saturated rings. The first-order valence-electron chi connectivity index (χ1n) is 11.0.